The van der Waals surface area contributed by atoms with Crippen LogP contribution in [0.5, 0.6) is 5.75 Å². The predicted octanol–water partition coefficient (Wildman–Crippen LogP) is 0.238. The fraction of sp³-hybridized carbons (Fsp3) is 0.714. The highest BCUT2D eigenvalue weighted by Gasteiger charge is 2.26. The Balaban J connectivity index is 0. The maximum atomic E-state index is 10.4. The maximum absolute atomic E-state index is 10.4. The van der Waals surface area contributed by atoms with Crippen molar-refractivity contribution in [2.75, 3.05) is 45.9 Å². The molecule has 0 fully saturated rings. The van der Waals surface area contributed by atoms with E-state index in [4.69, 9.17) is 20.9 Å². The molecule has 4 atom stereocenters. The third-order valence-corrected chi connectivity index (χ3v) is 4.03. The van der Waals surface area contributed by atoms with Crippen LogP contribution in [0.25, 0.3) is 0 Å². The van der Waals surface area contributed by atoms with Gasteiger partial charge in [0, 0.05) is 32.7 Å². The van der Waals surface area contributed by atoms with Gasteiger partial charge in [-0.2, -0.15) is 0 Å². The van der Waals surface area contributed by atoms with Crippen molar-refractivity contribution in [3.63, 3.8) is 0 Å². The number of rotatable bonds is 15. The first-order chi connectivity index (χ1) is 13.0. The van der Waals surface area contributed by atoms with E-state index in [2.05, 4.69) is 10.6 Å². The van der Waals surface area contributed by atoms with E-state index >= 15 is 0 Å². The molecule has 0 spiro atoms. The standard InChI is InChI=1S/C19H36N4O4.2CH4/c1-14-3-5-16(6-4-14)27-15(2)12-26-13-18(25)19(23-10-8-21)17(24)11-22-9-7-20;;/h3-6,15,17-19,22-25H,7-13,20-21H2,1-2H3;2*1H4. The van der Waals surface area contributed by atoms with Gasteiger partial charge in [0.1, 0.15) is 11.9 Å². The molecular formula is C21H44N4O4. The van der Waals surface area contributed by atoms with Gasteiger partial charge in [-0.1, -0.05) is 32.5 Å². The minimum atomic E-state index is -0.877. The Morgan fingerprint density at radius 2 is 1.59 bits per heavy atom. The van der Waals surface area contributed by atoms with Crippen LogP contribution in [0.1, 0.15) is 27.3 Å². The van der Waals surface area contributed by atoms with E-state index in [-0.39, 0.29) is 27.6 Å². The van der Waals surface area contributed by atoms with Crippen LogP contribution in [0.3, 0.4) is 0 Å². The second-order valence-electron chi connectivity index (χ2n) is 6.68. The monoisotopic (exact) mass is 416 g/mol. The van der Waals surface area contributed by atoms with Crippen LogP contribution in [0, 0.1) is 6.92 Å². The Hall–Kier alpha value is -1.26. The third-order valence-electron chi connectivity index (χ3n) is 4.03. The molecule has 172 valence electrons. The van der Waals surface area contributed by atoms with Crippen LogP contribution >= 0.6 is 0 Å². The first kappa shape index (κ1) is 29.9. The van der Waals surface area contributed by atoms with Crippen LogP contribution in [0.2, 0.25) is 0 Å². The lowest BCUT2D eigenvalue weighted by Gasteiger charge is -2.29. The molecule has 1 aromatic rings. The van der Waals surface area contributed by atoms with Gasteiger partial charge < -0.3 is 41.8 Å². The Morgan fingerprint density at radius 1 is 0.966 bits per heavy atom. The van der Waals surface area contributed by atoms with Gasteiger partial charge in [0.25, 0.3) is 0 Å². The zero-order valence-corrected chi connectivity index (χ0v) is 16.4. The molecule has 1 aromatic carbocycles. The SMILES string of the molecule is C.C.Cc1ccc(OC(C)COCC(O)C(NCCN)C(O)CNCCN)cc1. The largest absolute Gasteiger partial charge is 0.488 e. The minimum absolute atomic E-state index is 0. The number of nitrogens with two attached hydrogens (primary N) is 2. The summed E-state index contributed by atoms with van der Waals surface area (Å²) in [7, 11) is 0. The van der Waals surface area contributed by atoms with Crippen molar-refractivity contribution in [2.24, 2.45) is 11.5 Å². The molecule has 0 bridgehead atoms. The van der Waals surface area contributed by atoms with E-state index in [0.717, 1.165) is 5.75 Å². The summed E-state index contributed by atoms with van der Waals surface area (Å²) in [5, 5.41) is 26.8. The van der Waals surface area contributed by atoms with Gasteiger partial charge in [-0.25, -0.2) is 0 Å². The van der Waals surface area contributed by atoms with E-state index in [1.54, 1.807) is 0 Å². The zero-order valence-electron chi connectivity index (χ0n) is 16.4. The van der Waals surface area contributed by atoms with E-state index in [1.807, 2.05) is 38.1 Å². The molecule has 0 aromatic heterocycles. The molecule has 0 heterocycles. The molecule has 29 heavy (non-hydrogen) atoms. The summed E-state index contributed by atoms with van der Waals surface area (Å²) in [4.78, 5) is 0. The smallest absolute Gasteiger partial charge is 0.119 e. The maximum Gasteiger partial charge on any atom is 0.119 e. The first-order valence-electron chi connectivity index (χ1n) is 9.49. The molecule has 0 amide bonds. The zero-order chi connectivity index (χ0) is 20.1. The lowest BCUT2D eigenvalue weighted by molar-refractivity contribution is -0.0326. The summed E-state index contributed by atoms with van der Waals surface area (Å²) >= 11 is 0. The first-order valence-corrected chi connectivity index (χ1v) is 9.49. The van der Waals surface area contributed by atoms with Gasteiger partial charge >= 0.3 is 0 Å². The van der Waals surface area contributed by atoms with Gasteiger partial charge in [0.05, 0.1) is 31.5 Å². The van der Waals surface area contributed by atoms with E-state index < -0.39 is 18.2 Å². The molecule has 1 rings (SSSR count). The molecular weight excluding hydrogens is 372 g/mol. The normalized spacial score (nSPS) is 14.8. The van der Waals surface area contributed by atoms with Gasteiger partial charge in [0.2, 0.25) is 0 Å². The average molecular weight is 417 g/mol. The second kappa shape index (κ2) is 17.6. The molecule has 0 saturated heterocycles. The summed E-state index contributed by atoms with van der Waals surface area (Å²) in [6.07, 6.45) is -1.83. The number of ether oxygens (including phenoxy) is 2. The minimum Gasteiger partial charge on any atom is -0.488 e. The summed E-state index contributed by atoms with van der Waals surface area (Å²) in [6, 6.07) is 7.25. The van der Waals surface area contributed by atoms with Gasteiger partial charge in [-0.3, -0.25) is 0 Å². The molecule has 4 unspecified atom stereocenters. The third kappa shape index (κ3) is 12.8. The Morgan fingerprint density at radius 3 is 2.17 bits per heavy atom. The lowest BCUT2D eigenvalue weighted by Crippen LogP contribution is -2.54. The number of aliphatic hydroxyl groups is 2. The summed E-state index contributed by atoms with van der Waals surface area (Å²) < 4.78 is 11.4. The summed E-state index contributed by atoms with van der Waals surface area (Å²) in [5.74, 6) is 0.779. The van der Waals surface area contributed by atoms with E-state index in [1.165, 1.54) is 5.56 Å². The van der Waals surface area contributed by atoms with Crippen molar-refractivity contribution in [1.29, 1.82) is 0 Å². The van der Waals surface area contributed by atoms with E-state index in [9.17, 15) is 10.2 Å². The van der Waals surface area contributed by atoms with Crippen molar-refractivity contribution < 1.29 is 19.7 Å². The predicted molar refractivity (Wildman–Crippen MR) is 120 cm³/mol. The Bertz CT molecular complexity index is 490. The van der Waals surface area contributed by atoms with E-state index in [0.29, 0.717) is 39.3 Å². The molecule has 0 saturated carbocycles. The highest BCUT2D eigenvalue weighted by Crippen LogP contribution is 2.13. The van der Waals surface area contributed by atoms with Gasteiger partial charge in [0.15, 0.2) is 0 Å². The molecule has 8 nitrogen and oxygen atoms in total. The van der Waals surface area contributed by atoms with Crippen LogP contribution in [0.15, 0.2) is 24.3 Å². The van der Waals surface area contributed by atoms with Crippen LogP contribution in [-0.4, -0.2) is 80.5 Å². The number of hydrogen-bond donors (Lipinski definition) is 6. The lowest BCUT2D eigenvalue weighted by atomic mass is 10.0. The van der Waals surface area contributed by atoms with Crippen molar-refractivity contribution in [2.45, 2.75) is 53.1 Å². The number of aliphatic hydroxyl groups excluding tert-OH is 2. The quantitative estimate of drug-likeness (QED) is 0.224. The summed E-state index contributed by atoms with van der Waals surface area (Å²) in [5.41, 5.74) is 12.1. The Kier molecular flexibility index (Phi) is 18.2. The van der Waals surface area contributed by atoms with Crippen LogP contribution in [-0.2, 0) is 4.74 Å². The number of aryl methyl sites for hydroxylation is 1. The molecule has 0 aliphatic carbocycles. The average Bonchev–Trinajstić information content (AvgIpc) is 2.64. The number of nitrogens with one attached hydrogen (secondary N) is 2. The highest BCUT2D eigenvalue weighted by molar-refractivity contribution is 5.26. The second-order valence-corrected chi connectivity index (χ2v) is 6.68. The Labute approximate surface area is 177 Å². The number of hydrogen-bond acceptors (Lipinski definition) is 8. The van der Waals surface area contributed by atoms with Crippen LogP contribution < -0.4 is 26.8 Å². The molecule has 8 N–H and O–H groups in total. The van der Waals surface area contributed by atoms with Crippen molar-refractivity contribution >= 4 is 0 Å². The molecule has 0 aliphatic heterocycles. The fourth-order valence-corrected chi connectivity index (χ4v) is 2.60. The van der Waals surface area contributed by atoms with Crippen molar-refractivity contribution in [1.82, 2.24) is 10.6 Å². The van der Waals surface area contributed by atoms with Crippen molar-refractivity contribution in [3.8, 4) is 5.75 Å². The molecule has 8 heteroatoms. The van der Waals surface area contributed by atoms with Crippen LogP contribution in [0.4, 0.5) is 0 Å². The number of benzene rings is 1. The van der Waals surface area contributed by atoms with Crippen molar-refractivity contribution in [3.05, 3.63) is 29.8 Å². The molecule has 0 radical (unpaired) electrons. The highest BCUT2D eigenvalue weighted by atomic mass is 16.5. The van der Waals surface area contributed by atoms with Gasteiger partial charge in [-0.15, -0.1) is 0 Å². The summed E-state index contributed by atoms with van der Waals surface area (Å²) in [6.45, 7) is 6.64. The topological polar surface area (TPSA) is 135 Å². The molecule has 0 aliphatic rings. The van der Waals surface area contributed by atoms with Gasteiger partial charge in [-0.05, 0) is 26.0 Å². The fourth-order valence-electron chi connectivity index (χ4n) is 2.60.